The van der Waals surface area contributed by atoms with Gasteiger partial charge in [-0.2, -0.15) is 22.9 Å². The van der Waals surface area contributed by atoms with Crippen molar-refractivity contribution >= 4 is 41.2 Å². The predicted molar refractivity (Wildman–Crippen MR) is 76.3 cm³/mol. The molecule has 0 amide bonds. The van der Waals surface area contributed by atoms with Gasteiger partial charge in [0.25, 0.3) is 5.82 Å². The van der Waals surface area contributed by atoms with Crippen LogP contribution in [0.25, 0.3) is 0 Å². The van der Waals surface area contributed by atoms with Crippen LogP contribution in [0.15, 0.2) is 28.5 Å². The van der Waals surface area contributed by atoms with Crippen LogP contribution < -0.4 is 0 Å². The van der Waals surface area contributed by atoms with E-state index in [0.29, 0.717) is 15.3 Å². The maximum atomic E-state index is 12.8. The van der Waals surface area contributed by atoms with E-state index in [9.17, 15) is 13.2 Å². The van der Waals surface area contributed by atoms with Gasteiger partial charge in [-0.15, -0.1) is 10.2 Å². The van der Waals surface area contributed by atoms with Crippen molar-refractivity contribution in [1.29, 1.82) is 0 Å². The first-order valence-corrected chi connectivity index (χ1v) is 7.37. The van der Waals surface area contributed by atoms with E-state index in [1.165, 1.54) is 12.3 Å². The molecule has 0 bridgehead atoms. The van der Waals surface area contributed by atoms with E-state index < -0.39 is 12.0 Å². The Morgan fingerprint density at radius 1 is 1.29 bits per heavy atom. The van der Waals surface area contributed by atoms with Gasteiger partial charge in [0.1, 0.15) is 0 Å². The van der Waals surface area contributed by atoms with Crippen LogP contribution >= 0.6 is 35.0 Å². The summed E-state index contributed by atoms with van der Waals surface area (Å²) in [6, 6.07) is 4.57. The summed E-state index contributed by atoms with van der Waals surface area (Å²) in [6.07, 6.45) is -1.88. The Bertz CT molecular complexity index is 685. The molecule has 0 aliphatic carbocycles. The highest BCUT2D eigenvalue weighted by molar-refractivity contribution is 7.98. The van der Waals surface area contributed by atoms with E-state index in [1.54, 1.807) is 18.4 Å². The molecule has 1 aromatic carbocycles. The van der Waals surface area contributed by atoms with Crippen molar-refractivity contribution < 1.29 is 13.2 Å². The zero-order valence-electron chi connectivity index (χ0n) is 10.4. The molecule has 2 aromatic rings. The third-order valence-electron chi connectivity index (χ3n) is 2.32. The highest BCUT2D eigenvalue weighted by Gasteiger charge is 2.38. The molecule has 10 heteroatoms. The molecule has 0 radical (unpaired) electrons. The molecule has 0 aliphatic rings. The van der Waals surface area contributed by atoms with Crippen LogP contribution in [0.3, 0.4) is 0 Å². The van der Waals surface area contributed by atoms with E-state index >= 15 is 0 Å². The van der Waals surface area contributed by atoms with Gasteiger partial charge in [-0.25, -0.2) is 0 Å². The maximum absolute atomic E-state index is 12.8. The van der Waals surface area contributed by atoms with Gasteiger partial charge in [0.15, 0.2) is 0 Å². The molecule has 1 heterocycles. The molecule has 0 saturated carbocycles. The number of nitrogens with zero attached hydrogens (tertiary/aromatic N) is 4. The minimum atomic E-state index is -4.65. The Morgan fingerprint density at radius 2 is 2.00 bits per heavy atom. The molecule has 0 spiro atoms. The average molecular weight is 355 g/mol. The third-order valence-corrected chi connectivity index (χ3v) is 3.51. The Labute approximate surface area is 132 Å². The maximum Gasteiger partial charge on any atom is 0.453 e. The molecule has 0 saturated heterocycles. The molecule has 1 aromatic heterocycles. The molecule has 0 N–H and O–H groups in total. The second-order valence-corrected chi connectivity index (χ2v) is 5.35. The zero-order chi connectivity index (χ0) is 15.6. The van der Waals surface area contributed by atoms with Crippen molar-refractivity contribution in [2.45, 2.75) is 11.3 Å². The summed E-state index contributed by atoms with van der Waals surface area (Å²) >= 11 is 12.7. The Balaban J connectivity index is 2.42. The van der Waals surface area contributed by atoms with Gasteiger partial charge in [0.2, 0.25) is 5.16 Å². The molecule has 4 nitrogen and oxygen atoms in total. The van der Waals surface area contributed by atoms with Crippen molar-refractivity contribution in [2.75, 3.05) is 6.26 Å². The Hall–Kier alpha value is -1.25. The van der Waals surface area contributed by atoms with Crippen LogP contribution in [-0.2, 0) is 6.18 Å². The van der Waals surface area contributed by atoms with Gasteiger partial charge in [0, 0.05) is 10.6 Å². The van der Waals surface area contributed by atoms with Gasteiger partial charge in [0.05, 0.1) is 11.2 Å². The normalized spacial score (nSPS) is 12.3. The molecule has 0 atom stereocenters. The minimum absolute atomic E-state index is 0.0173. The van der Waals surface area contributed by atoms with E-state index in [-0.39, 0.29) is 10.2 Å². The van der Waals surface area contributed by atoms with Crippen LogP contribution in [0.1, 0.15) is 11.4 Å². The third kappa shape index (κ3) is 3.69. The van der Waals surface area contributed by atoms with Crippen molar-refractivity contribution in [3.63, 3.8) is 0 Å². The van der Waals surface area contributed by atoms with Crippen LogP contribution in [0.2, 0.25) is 10.0 Å². The molecular weight excluding hydrogens is 348 g/mol. The molecule has 0 unspecified atom stereocenters. The molecule has 0 aliphatic heterocycles. The molecule has 112 valence electrons. The fourth-order valence-corrected chi connectivity index (χ4v) is 2.29. The van der Waals surface area contributed by atoms with Gasteiger partial charge in [-0.3, -0.25) is 0 Å². The Morgan fingerprint density at radius 3 is 2.57 bits per heavy atom. The Kier molecular flexibility index (Phi) is 4.80. The highest BCUT2D eigenvalue weighted by Crippen LogP contribution is 2.30. The van der Waals surface area contributed by atoms with Gasteiger partial charge in [-0.1, -0.05) is 41.0 Å². The summed E-state index contributed by atoms with van der Waals surface area (Å²) in [5.41, 5.74) is 0.426. The fourth-order valence-electron chi connectivity index (χ4n) is 1.40. The summed E-state index contributed by atoms with van der Waals surface area (Å²) in [5.74, 6) is -1.20. The lowest BCUT2D eigenvalue weighted by Gasteiger charge is -2.06. The predicted octanol–water partition coefficient (Wildman–Crippen LogP) is 4.21. The first kappa shape index (κ1) is 16.1. The lowest BCUT2D eigenvalue weighted by molar-refractivity contribution is -0.147. The van der Waals surface area contributed by atoms with Crippen molar-refractivity contribution in [2.24, 2.45) is 5.10 Å². The first-order chi connectivity index (χ1) is 9.82. The monoisotopic (exact) mass is 354 g/mol. The van der Waals surface area contributed by atoms with E-state index in [0.717, 1.165) is 11.8 Å². The standard InChI is InChI=1S/C11H7Cl2F3N4S/c1-21-10-19-18-9(11(14,15)16)20(10)17-5-6-2-3-7(12)4-8(6)13/h2-5H,1H3/b17-5+. The van der Waals surface area contributed by atoms with Crippen molar-refractivity contribution in [3.05, 3.63) is 39.6 Å². The number of halogens is 5. The van der Waals surface area contributed by atoms with Crippen molar-refractivity contribution in [3.8, 4) is 0 Å². The average Bonchev–Trinajstić information content (AvgIpc) is 2.80. The van der Waals surface area contributed by atoms with Crippen LogP contribution in [0.5, 0.6) is 0 Å². The molecular formula is C11H7Cl2F3N4S. The number of rotatable bonds is 3. The second-order valence-electron chi connectivity index (χ2n) is 3.73. The number of aromatic nitrogens is 3. The largest absolute Gasteiger partial charge is 0.453 e. The zero-order valence-corrected chi connectivity index (χ0v) is 12.7. The smallest absolute Gasteiger partial charge is 0.183 e. The number of thioether (sulfide) groups is 1. The van der Waals surface area contributed by atoms with Crippen LogP contribution in [-0.4, -0.2) is 27.3 Å². The van der Waals surface area contributed by atoms with Crippen LogP contribution in [0, 0.1) is 0 Å². The summed E-state index contributed by atoms with van der Waals surface area (Å²) in [7, 11) is 0. The summed E-state index contributed by atoms with van der Waals surface area (Å²) in [5, 5.41) is 11.0. The van der Waals surface area contributed by atoms with E-state index in [4.69, 9.17) is 23.2 Å². The van der Waals surface area contributed by atoms with E-state index in [1.807, 2.05) is 0 Å². The lowest BCUT2D eigenvalue weighted by Crippen LogP contribution is -2.13. The number of benzene rings is 1. The molecule has 2 rings (SSSR count). The van der Waals surface area contributed by atoms with Crippen LogP contribution in [0.4, 0.5) is 13.2 Å². The SMILES string of the molecule is CSc1nnc(C(F)(F)F)n1/N=C/c1ccc(Cl)cc1Cl. The molecule has 21 heavy (non-hydrogen) atoms. The van der Waals surface area contributed by atoms with Gasteiger partial charge in [-0.05, 0) is 18.4 Å². The van der Waals surface area contributed by atoms with Crippen molar-refractivity contribution in [1.82, 2.24) is 14.9 Å². The first-order valence-electron chi connectivity index (χ1n) is 5.39. The lowest BCUT2D eigenvalue weighted by atomic mass is 10.2. The van der Waals surface area contributed by atoms with Gasteiger partial charge < -0.3 is 0 Å². The summed E-state index contributed by atoms with van der Waals surface area (Å²) in [6.45, 7) is 0. The summed E-state index contributed by atoms with van der Waals surface area (Å²) in [4.78, 5) is 0. The minimum Gasteiger partial charge on any atom is -0.183 e. The quantitative estimate of drug-likeness (QED) is 0.612. The van der Waals surface area contributed by atoms with E-state index in [2.05, 4.69) is 15.3 Å². The highest BCUT2D eigenvalue weighted by atomic mass is 35.5. The number of hydrogen-bond donors (Lipinski definition) is 0. The van der Waals surface area contributed by atoms with Gasteiger partial charge >= 0.3 is 6.18 Å². The topological polar surface area (TPSA) is 43.1 Å². The fraction of sp³-hybridized carbons (Fsp3) is 0.182. The molecule has 0 fully saturated rings. The number of alkyl halides is 3. The second kappa shape index (κ2) is 6.25. The number of hydrogen-bond acceptors (Lipinski definition) is 4. The summed E-state index contributed by atoms with van der Waals surface area (Å²) < 4.78 is 39.0.